The highest BCUT2D eigenvalue weighted by molar-refractivity contribution is 7.09. The number of carbonyl (C=O) groups excluding carboxylic acids is 1. The molecule has 8 nitrogen and oxygen atoms in total. The van der Waals surface area contributed by atoms with E-state index in [0.29, 0.717) is 30.6 Å². The molecule has 0 saturated carbocycles. The molecule has 202 valence electrons. The summed E-state index contributed by atoms with van der Waals surface area (Å²) in [6.07, 6.45) is 3.11. The molecule has 11 heteroatoms. The Bertz CT molecular complexity index is 1610. The second-order valence-electron chi connectivity index (χ2n) is 9.42. The Kier molecular flexibility index (Phi) is 7.51. The zero-order valence-electron chi connectivity index (χ0n) is 21.7. The highest BCUT2D eigenvalue weighted by Crippen LogP contribution is 2.32. The van der Waals surface area contributed by atoms with Crippen LogP contribution in [0.1, 0.15) is 58.4 Å². The number of hydrogen-bond donors (Lipinski definition) is 1. The number of amides is 1. The van der Waals surface area contributed by atoms with Gasteiger partial charge >= 0.3 is 0 Å². The average Bonchev–Trinajstić information content (AvgIpc) is 3.57. The fourth-order valence-electron chi connectivity index (χ4n) is 5.10. The monoisotopic (exact) mass is 567 g/mol. The first-order valence-electron chi connectivity index (χ1n) is 12.7. The van der Waals surface area contributed by atoms with Crippen molar-refractivity contribution in [2.24, 2.45) is 0 Å². The molecule has 0 aliphatic carbocycles. The van der Waals surface area contributed by atoms with Crippen LogP contribution in [0.15, 0.2) is 40.6 Å². The van der Waals surface area contributed by atoms with Gasteiger partial charge in [0.2, 0.25) is 5.88 Å². The van der Waals surface area contributed by atoms with Crippen LogP contribution in [-0.4, -0.2) is 48.5 Å². The molecule has 0 bridgehead atoms. The van der Waals surface area contributed by atoms with Crippen molar-refractivity contribution in [1.29, 1.82) is 0 Å². The second kappa shape index (κ2) is 10.9. The lowest BCUT2D eigenvalue weighted by Crippen LogP contribution is -2.36. The molecule has 39 heavy (non-hydrogen) atoms. The highest BCUT2D eigenvalue weighted by Gasteiger charge is 2.35. The van der Waals surface area contributed by atoms with Gasteiger partial charge in [-0.2, -0.15) is 4.98 Å². The maximum absolute atomic E-state index is 14.5. The van der Waals surface area contributed by atoms with Crippen LogP contribution in [0.5, 0.6) is 5.88 Å². The number of pyridine rings is 1. The van der Waals surface area contributed by atoms with E-state index in [2.05, 4.69) is 15.0 Å². The Morgan fingerprint density at radius 3 is 2.56 bits per heavy atom. The Morgan fingerprint density at radius 1 is 1.23 bits per heavy atom. The van der Waals surface area contributed by atoms with Crippen molar-refractivity contribution < 1.29 is 14.3 Å². The predicted octanol–water partition coefficient (Wildman–Crippen LogP) is 5.31. The third-order valence-electron chi connectivity index (χ3n) is 7.01. The summed E-state index contributed by atoms with van der Waals surface area (Å²) in [7, 11) is 0. The quantitative estimate of drug-likeness (QED) is 0.339. The number of benzene rings is 1. The Hall–Kier alpha value is -3.63. The molecule has 3 aromatic heterocycles. The lowest BCUT2D eigenvalue weighted by molar-refractivity contribution is 0.0784. The van der Waals surface area contributed by atoms with Crippen LogP contribution in [0, 0.1) is 12.7 Å². The van der Waals surface area contributed by atoms with Gasteiger partial charge in [0.05, 0.1) is 21.4 Å². The van der Waals surface area contributed by atoms with Crippen molar-refractivity contribution in [3.8, 4) is 23.1 Å². The number of rotatable bonds is 6. The molecule has 1 N–H and O–H groups in total. The van der Waals surface area contributed by atoms with E-state index in [1.165, 1.54) is 33.1 Å². The van der Waals surface area contributed by atoms with Gasteiger partial charge in [-0.3, -0.25) is 19.1 Å². The van der Waals surface area contributed by atoms with Crippen LogP contribution in [0.3, 0.4) is 0 Å². The minimum absolute atomic E-state index is 0.141. The van der Waals surface area contributed by atoms with Crippen LogP contribution >= 0.6 is 22.9 Å². The predicted molar refractivity (Wildman–Crippen MR) is 149 cm³/mol. The normalized spacial score (nSPS) is 15.2. The van der Waals surface area contributed by atoms with Gasteiger partial charge in [-0.15, -0.1) is 11.3 Å². The Balaban J connectivity index is 1.63. The first-order chi connectivity index (χ1) is 18.7. The van der Waals surface area contributed by atoms with Gasteiger partial charge < -0.3 is 10.0 Å². The number of carbonyl (C=O) groups is 1. The van der Waals surface area contributed by atoms with Gasteiger partial charge in [0, 0.05) is 30.6 Å². The fourth-order valence-corrected chi connectivity index (χ4v) is 5.83. The zero-order chi connectivity index (χ0) is 27.8. The summed E-state index contributed by atoms with van der Waals surface area (Å²) in [6.45, 7) is 6.23. The molecule has 0 radical (unpaired) electrons. The van der Waals surface area contributed by atoms with Crippen LogP contribution in [0.4, 0.5) is 4.39 Å². The zero-order valence-corrected chi connectivity index (χ0v) is 23.3. The average molecular weight is 568 g/mol. The van der Waals surface area contributed by atoms with E-state index in [1.807, 2.05) is 39.0 Å². The number of aryl methyl sites for hydroxylation is 3. The summed E-state index contributed by atoms with van der Waals surface area (Å²) >= 11 is 7.24. The lowest BCUT2D eigenvalue weighted by Gasteiger charge is -2.21. The third kappa shape index (κ3) is 4.94. The summed E-state index contributed by atoms with van der Waals surface area (Å²) in [5, 5.41) is 13.7. The molecule has 1 aliphatic rings. The summed E-state index contributed by atoms with van der Waals surface area (Å²) in [5.41, 5.74) is 1.99. The van der Waals surface area contributed by atoms with Crippen molar-refractivity contribution in [3.63, 3.8) is 0 Å². The van der Waals surface area contributed by atoms with Gasteiger partial charge in [-0.25, -0.2) is 9.37 Å². The molecule has 0 spiro atoms. The summed E-state index contributed by atoms with van der Waals surface area (Å²) in [6, 6.07) is 7.00. The first-order valence-corrected chi connectivity index (χ1v) is 14.0. The molecule has 4 aromatic rings. The number of aromatic nitrogens is 4. The minimum atomic E-state index is -0.678. The van der Waals surface area contributed by atoms with Gasteiger partial charge in [0.1, 0.15) is 11.5 Å². The van der Waals surface area contributed by atoms with Crippen molar-refractivity contribution in [2.75, 3.05) is 13.1 Å². The SMILES string of the molecule is CCc1cccc(CC)c1-n1c(-c2csc(C)n2)nc(O)c(C(=O)N2CCC(c3ncc(Cl)cc3F)C2)c1=O. The number of para-hydroxylation sites is 1. The van der Waals surface area contributed by atoms with Crippen molar-refractivity contribution in [3.05, 3.63) is 84.4 Å². The Morgan fingerprint density at radius 2 is 1.95 bits per heavy atom. The number of thiazole rings is 1. The van der Waals surface area contributed by atoms with Gasteiger partial charge in [0.25, 0.3) is 11.5 Å². The van der Waals surface area contributed by atoms with Gasteiger partial charge in [0.15, 0.2) is 11.4 Å². The van der Waals surface area contributed by atoms with Crippen molar-refractivity contribution in [1.82, 2.24) is 24.4 Å². The van der Waals surface area contributed by atoms with E-state index < -0.39 is 28.7 Å². The fraction of sp³-hybridized carbons (Fsp3) is 0.321. The molecule has 4 heterocycles. The number of halogens is 2. The Labute approximate surface area is 233 Å². The molecule has 1 atom stereocenters. The first kappa shape index (κ1) is 27.0. The van der Waals surface area contributed by atoms with E-state index in [1.54, 1.807) is 5.38 Å². The topological polar surface area (TPSA) is 101 Å². The van der Waals surface area contributed by atoms with Crippen molar-refractivity contribution in [2.45, 2.75) is 46.0 Å². The summed E-state index contributed by atoms with van der Waals surface area (Å²) < 4.78 is 15.9. The molecule has 1 fully saturated rings. The number of aromatic hydroxyl groups is 1. The molecule has 5 rings (SSSR count). The highest BCUT2D eigenvalue weighted by atomic mass is 35.5. The smallest absolute Gasteiger partial charge is 0.275 e. The van der Waals surface area contributed by atoms with Crippen LogP contribution in [0.25, 0.3) is 17.2 Å². The number of hydrogen-bond acceptors (Lipinski definition) is 7. The summed E-state index contributed by atoms with van der Waals surface area (Å²) in [4.78, 5) is 42.3. The van der Waals surface area contributed by atoms with Crippen LogP contribution < -0.4 is 5.56 Å². The largest absolute Gasteiger partial charge is 0.493 e. The summed E-state index contributed by atoms with van der Waals surface area (Å²) in [5.74, 6) is -2.06. The third-order valence-corrected chi connectivity index (χ3v) is 7.99. The molecule has 1 unspecified atom stereocenters. The van der Waals surface area contributed by atoms with Crippen LogP contribution in [0.2, 0.25) is 5.02 Å². The van der Waals surface area contributed by atoms with E-state index in [-0.39, 0.29) is 35.5 Å². The number of likely N-dealkylation sites (tertiary alicyclic amines) is 1. The van der Waals surface area contributed by atoms with E-state index in [0.717, 1.165) is 16.1 Å². The standard InChI is InChI=1S/C28H27ClFN5O3S/c1-4-16-7-6-8-17(5-2)24(16)35-25(21-14-39-15(3)32-21)33-26(36)22(28(35)38)27(37)34-10-9-18(13-34)23-20(30)11-19(29)12-31-23/h6-8,11-12,14,18,36H,4-5,9-10,13H2,1-3H3. The van der Waals surface area contributed by atoms with Gasteiger partial charge in [-0.1, -0.05) is 43.6 Å². The van der Waals surface area contributed by atoms with E-state index >= 15 is 0 Å². The molecular formula is C28H27ClFN5O3S. The molecule has 1 aromatic carbocycles. The van der Waals surface area contributed by atoms with Gasteiger partial charge in [-0.05, 0) is 43.4 Å². The number of nitrogens with zero attached hydrogens (tertiary/aromatic N) is 5. The van der Waals surface area contributed by atoms with E-state index in [4.69, 9.17) is 11.6 Å². The maximum atomic E-state index is 14.5. The molecule has 1 amide bonds. The second-order valence-corrected chi connectivity index (χ2v) is 10.9. The molecule has 1 saturated heterocycles. The lowest BCUT2D eigenvalue weighted by atomic mass is 10.0. The van der Waals surface area contributed by atoms with Crippen molar-refractivity contribution >= 4 is 28.8 Å². The molecule has 1 aliphatic heterocycles. The van der Waals surface area contributed by atoms with E-state index in [9.17, 15) is 19.1 Å². The maximum Gasteiger partial charge on any atom is 0.275 e. The van der Waals surface area contributed by atoms with Crippen LogP contribution in [-0.2, 0) is 12.8 Å². The minimum Gasteiger partial charge on any atom is -0.493 e. The molecular weight excluding hydrogens is 541 g/mol.